The van der Waals surface area contributed by atoms with Crippen molar-refractivity contribution >= 4 is 0 Å². The zero-order chi connectivity index (χ0) is 8.18. The van der Waals surface area contributed by atoms with Crippen LogP contribution in [0.15, 0.2) is 24.3 Å². The molecule has 1 N–H and O–H groups in total. The van der Waals surface area contributed by atoms with E-state index in [2.05, 4.69) is 6.07 Å². The molecule has 1 aromatic carbocycles. The number of rotatable bonds is 1. The van der Waals surface area contributed by atoms with Crippen molar-refractivity contribution in [3.05, 3.63) is 29.8 Å². The predicted octanol–water partition coefficient (Wildman–Crippen LogP) is 2.44. The van der Waals surface area contributed by atoms with Crippen LogP contribution in [0.4, 0.5) is 0 Å². The second kappa shape index (κ2) is 1.85. The second-order valence-corrected chi connectivity index (χ2v) is 4.28. The van der Waals surface area contributed by atoms with Gasteiger partial charge in [0.1, 0.15) is 5.75 Å². The summed E-state index contributed by atoms with van der Waals surface area (Å²) >= 11 is 0. The highest BCUT2D eigenvalue weighted by Crippen LogP contribution is 2.66. The Balaban J connectivity index is 2.06. The van der Waals surface area contributed by atoms with Gasteiger partial charge in [-0.05, 0) is 36.7 Å². The van der Waals surface area contributed by atoms with E-state index in [4.69, 9.17) is 0 Å². The van der Waals surface area contributed by atoms with Crippen LogP contribution < -0.4 is 0 Å². The Hall–Kier alpha value is -0.980. The molecular weight excluding hydrogens is 148 g/mol. The lowest BCUT2D eigenvalue weighted by atomic mass is 9.42. The summed E-state index contributed by atoms with van der Waals surface area (Å²) in [6.07, 6.45) is 3.93. The van der Waals surface area contributed by atoms with Crippen molar-refractivity contribution in [3.8, 4) is 5.75 Å². The molecule has 3 aliphatic rings. The molecule has 12 heavy (non-hydrogen) atoms. The summed E-state index contributed by atoms with van der Waals surface area (Å²) < 4.78 is 0. The van der Waals surface area contributed by atoms with E-state index in [1.54, 1.807) is 6.07 Å². The number of phenolic OH excluding ortho intramolecular Hbond substituents is 1. The summed E-state index contributed by atoms with van der Waals surface area (Å²) in [5.74, 6) is 1.47. The molecule has 3 saturated carbocycles. The molecule has 1 heteroatoms. The number of hydrogen-bond acceptors (Lipinski definition) is 1. The van der Waals surface area contributed by atoms with E-state index < -0.39 is 0 Å². The fourth-order valence-electron chi connectivity index (χ4n) is 2.73. The smallest absolute Gasteiger partial charge is 0.119 e. The van der Waals surface area contributed by atoms with Crippen molar-refractivity contribution in [1.29, 1.82) is 0 Å². The van der Waals surface area contributed by atoms with Crippen LogP contribution in [0.5, 0.6) is 5.75 Å². The van der Waals surface area contributed by atoms with Gasteiger partial charge in [0.2, 0.25) is 0 Å². The van der Waals surface area contributed by atoms with Gasteiger partial charge in [0.15, 0.2) is 0 Å². The molecule has 0 aromatic heterocycles. The molecule has 2 bridgehead atoms. The van der Waals surface area contributed by atoms with Gasteiger partial charge in [-0.1, -0.05) is 18.2 Å². The zero-order valence-corrected chi connectivity index (χ0v) is 6.96. The standard InChI is InChI=1S/C11H12O/c12-10-4-2-1-3-9(10)11-5-8(6-11)7-11/h1-4,8,12H,5-7H2. The Morgan fingerprint density at radius 3 is 2.33 bits per heavy atom. The van der Waals surface area contributed by atoms with Crippen molar-refractivity contribution in [2.75, 3.05) is 0 Å². The first-order chi connectivity index (χ1) is 5.80. The van der Waals surface area contributed by atoms with E-state index in [0.717, 1.165) is 5.92 Å². The van der Waals surface area contributed by atoms with E-state index in [9.17, 15) is 5.11 Å². The molecule has 4 rings (SSSR count). The minimum absolute atomic E-state index is 0.399. The van der Waals surface area contributed by atoms with E-state index in [-0.39, 0.29) is 0 Å². The zero-order valence-electron chi connectivity index (χ0n) is 6.96. The fraction of sp³-hybridized carbons (Fsp3) is 0.455. The van der Waals surface area contributed by atoms with Gasteiger partial charge in [0, 0.05) is 5.56 Å². The van der Waals surface area contributed by atoms with Gasteiger partial charge in [-0.2, -0.15) is 0 Å². The predicted molar refractivity (Wildman–Crippen MR) is 47.1 cm³/mol. The lowest BCUT2D eigenvalue weighted by Crippen LogP contribution is -2.55. The molecule has 0 unspecified atom stereocenters. The van der Waals surface area contributed by atoms with Crippen LogP contribution >= 0.6 is 0 Å². The first-order valence-corrected chi connectivity index (χ1v) is 4.59. The second-order valence-electron chi connectivity index (χ2n) is 4.28. The van der Waals surface area contributed by atoms with Gasteiger partial charge in [-0.15, -0.1) is 0 Å². The summed E-state index contributed by atoms with van der Waals surface area (Å²) in [5.41, 5.74) is 1.59. The average Bonchev–Trinajstić information content (AvgIpc) is 1.87. The maximum atomic E-state index is 9.64. The van der Waals surface area contributed by atoms with Crippen LogP contribution in [0.3, 0.4) is 0 Å². The topological polar surface area (TPSA) is 20.2 Å². The SMILES string of the molecule is Oc1ccccc1C12CC(C1)C2. The Morgan fingerprint density at radius 2 is 1.83 bits per heavy atom. The highest BCUT2D eigenvalue weighted by Gasteiger charge is 2.58. The van der Waals surface area contributed by atoms with Crippen molar-refractivity contribution in [3.63, 3.8) is 0 Å². The molecule has 0 aliphatic heterocycles. The quantitative estimate of drug-likeness (QED) is 0.669. The molecule has 0 radical (unpaired) electrons. The molecular formula is C11H12O. The molecule has 62 valence electrons. The third-order valence-corrected chi connectivity index (χ3v) is 3.51. The third-order valence-electron chi connectivity index (χ3n) is 3.51. The number of para-hydroxylation sites is 1. The van der Waals surface area contributed by atoms with E-state index in [1.807, 2.05) is 12.1 Å². The van der Waals surface area contributed by atoms with E-state index in [0.29, 0.717) is 11.2 Å². The largest absolute Gasteiger partial charge is 0.508 e. The van der Waals surface area contributed by atoms with Crippen molar-refractivity contribution in [1.82, 2.24) is 0 Å². The Morgan fingerprint density at radius 1 is 1.17 bits per heavy atom. The van der Waals surface area contributed by atoms with Crippen LogP contribution in [-0.4, -0.2) is 5.11 Å². The molecule has 1 nitrogen and oxygen atoms in total. The number of aromatic hydroxyl groups is 1. The van der Waals surface area contributed by atoms with Gasteiger partial charge < -0.3 is 5.11 Å². The maximum absolute atomic E-state index is 9.64. The number of benzene rings is 1. The molecule has 0 spiro atoms. The molecule has 1 aromatic rings. The summed E-state index contributed by atoms with van der Waals surface area (Å²) in [5, 5.41) is 9.64. The van der Waals surface area contributed by atoms with Gasteiger partial charge in [0.25, 0.3) is 0 Å². The molecule has 0 saturated heterocycles. The van der Waals surface area contributed by atoms with Gasteiger partial charge in [0.05, 0.1) is 0 Å². The van der Waals surface area contributed by atoms with Gasteiger partial charge >= 0.3 is 0 Å². The number of hydrogen-bond donors (Lipinski definition) is 1. The van der Waals surface area contributed by atoms with Crippen molar-refractivity contribution < 1.29 is 5.11 Å². The highest BCUT2D eigenvalue weighted by atomic mass is 16.3. The normalized spacial score (nSPS) is 36.8. The van der Waals surface area contributed by atoms with E-state index >= 15 is 0 Å². The van der Waals surface area contributed by atoms with E-state index in [1.165, 1.54) is 24.8 Å². The summed E-state index contributed by atoms with van der Waals surface area (Å²) in [7, 11) is 0. The monoisotopic (exact) mass is 160 g/mol. The lowest BCUT2D eigenvalue weighted by molar-refractivity contribution is -0.0289. The Kier molecular flexibility index (Phi) is 1.00. The van der Waals surface area contributed by atoms with Crippen LogP contribution in [0, 0.1) is 5.92 Å². The van der Waals surface area contributed by atoms with Crippen LogP contribution in [0.2, 0.25) is 0 Å². The fourth-order valence-corrected chi connectivity index (χ4v) is 2.73. The van der Waals surface area contributed by atoms with Gasteiger partial charge in [-0.25, -0.2) is 0 Å². The lowest BCUT2D eigenvalue weighted by Gasteiger charge is -2.62. The molecule has 0 heterocycles. The Labute approximate surface area is 72.0 Å². The molecule has 0 amide bonds. The van der Waals surface area contributed by atoms with Crippen LogP contribution in [0.1, 0.15) is 24.8 Å². The summed E-state index contributed by atoms with van der Waals surface area (Å²) in [6.45, 7) is 0. The minimum Gasteiger partial charge on any atom is -0.508 e. The molecule has 0 atom stereocenters. The van der Waals surface area contributed by atoms with Crippen LogP contribution in [-0.2, 0) is 5.41 Å². The summed E-state index contributed by atoms with van der Waals surface area (Å²) in [4.78, 5) is 0. The Bertz CT molecular complexity index is 313. The van der Waals surface area contributed by atoms with Crippen molar-refractivity contribution in [2.45, 2.75) is 24.7 Å². The van der Waals surface area contributed by atoms with Gasteiger partial charge in [-0.3, -0.25) is 0 Å². The average molecular weight is 160 g/mol. The van der Waals surface area contributed by atoms with Crippen LogP contribution in [0.25, 0.3) is 0 Å². The number of phenols is 1. The first-order valence-electron chi connectivity index (χ1n) is 4.59. The maximum Gasteiger partial charge on any atom is 0.119 e. The molecule has 3 aliphatic carbocycles. The summed E-state index contributed by atoms with van der Waals surface area (Å²) in [6, 6.07) is 7.79. The first kappa shape index (κ1) is 6.53. The minimum atomic E-state index is 0.399. The highest BCUT2D eigenvalue weighted by molar-refractivity contribution is 5.44. The third kappa shape index (κ3) is 0.603. The molecule has 3 fully saturated rings. The van der Waals surface area contributed by atoms with Crippen molar-refractivity contribution in [2.24, 2.45) is 5.92 Å².